The van der Waals surface area contributed by atoms with E-state index in [2.05, 4.69) is 9.97 Å². The van der Waals surface area contributed by atoms with Gasteiger partial charge in [0.25, 0.3) is 0 Å². The minimum Gasteiger partial charge on any atom is -0.384 e. The van der Waals surface area contributed by atoms with Crippen LogP contribution >= 0.6 is 0 Å². The van der Waals surface area contributed by atoms with Gasteiger partial charge in [-0.3, -0.25) is 0 Å². The molecule has 3 nitrogen and oxygen atoms in total. The Labute approximate surface area is 103 Å². The summed E-state index contributed by atoms with van der Waals surface area (Å²) in [5, 5.41) is 0. The van der Waals surface area contributed by atoms with E-state index < -0.39 is 11.6 Å². The number of nitrogens with zero attached hydrogens (tertiary/aromatic N) is 2. The lowest BCUT2D eigenvalue weighted by atomic mass is 10.2. The monoisotopic (exact) mass is 247 g/mol. The van der Waals surface area contributed by atoms with Gasteiger partial charge in [-0.1, -0.05) is 0 Å². The lowest BCUT2D eigenvalue weighted by Crippen LogP contribution is -2.00. The van der Waals surface area contributed by atoms with Gasteiger partial charge in [-0.2, -0.15) is 0 Å². The van der Waals surface area contributed by atoms with Crippen molar-refractivity contribution in [3.8, 4) is 11.4 Å². The molecule has 0 spiro atoms. The van der Waals surface area contributed by atoms with Crippen molar-refractivity contribution in [1.82, 2.24) is 9.97 Å². The van der Waals surface area contributed by atoms with Crippen LogP contribution in [0, 0.1) is 11.6 Å². The number of aromatic nitrogens is 2. The Hall–Kier alpha value is -2.04. The molecular weight excluding hydrogens is 236 g/mol. The van der Waals surface area contributed by atoms with Crippen LogP contribution in [0.4, 0.5) is 14.6 Å². The predicted octanol–water partition coefficient (Wildman–Crippen LogP) is 2.88. The first-order valence-corrected chi connectivity index (χ1v) is 5.73. The maximum atomic E-state index is 13.2. The van der Waals surface area contributed by atoms with Gasteiger partial charge in [0.2, 0.25) is 0 Å². The summed E-state index contributed by atoms with van der Waals surface area (Å²) in [5.74, 6) is -0.290. The van der Waals surface area contributed by atoms with Crippen LogP contribution in [0.3, 0.4) is 0 Å². The first kappa shape index (κ1) is 11.1. The average Bonchev–Trinajstić information content (AvgIpc) is 3.10. The molecule has 0 aliphatic heterocycles. The van der Waals surface area contributed by atoms with Gasteiger partial charge in [-0.15, -0.1) is 0 Å². The number of nitrogens with two attached hydrogens (primary N) is 1. The van der Waals surface area contributed by atoms with E-state index in [1.54, 1.807) is 6.07 Å². The van der Waals surface area contributed by atoms with Gasteiger partial charge in [0, 0.05) is 29.3 Å². The van der Waals surface area contributed by atoms with E-state index in [0.717, 1.165) is 24.6 Å². The SMILES string of the molecule is Nc1cc(C2CC2)nc(-c2cc(F)cc(F)c2)n1. The molecule has 1 aromatic carbocycles. The lowest BCUT2D eigenvalue weighted by Gasteiger charge is -2.05. The van der Waals surface area contributed by atoms with Gasteiger partial charge in [0.1, 0.15) is 17.5 Å². The fraction of sp³-hybridized carbons (Fsp3) is 0.231. The molecule has 0 bridgehead atoms. The van der Waals surface area contributed by atoms with Crippen LogP contribution in [0.15, 0.2) is 24.3 Å². The zero-order valence-corrected chi connectivity index (χ0v) is 9.53. The molecule has 1 heterocycles. The molecule has 18 heavy (non-hydrogen) atoms. The van der Waals surface area contributed by atoms with Crippen molar-refractivity contribution in [2.75, 3.05) is 5.73 Å². The number of rotatable bonds is 2. The molecule has 1 aliphatic rings. The molecule has 0 saturated heterocycles. The van der Waals surface area contributed by atoms with Gasteiger partial charge in [-0.25, -0.2) is 18.7 Å². The van der Waals surface area contributed by atoms with Crippen LogP contribution in [0.2, 0.25) is 0 Å². The quantitative estimate of drug-likeness (QED) is 0.887. The fourth-order valence-corrected chi connectivity index (χ4v) is 1.89. The number of benzene rings is 1. The van der Waals surface area contributed by atoms with E-state index in [-0.39, 0.29) is 5.82 Å². The van der Waals surface area contributed by atoms with Gasteiger partial charge in [0.05, 0.1) is 0 Å². The number of hydrogen-bond donors (Lipinski definition) is 1. The average molecular weight is 247 g/mol. The van der Waals surface area contributed by atoms with Gasteiger partial charge < -0.3 is 5.73 Å². The summed E-state index contributed by atoms with van der Waals surface area (Å²) in [6, 6.07) is 4.94. The largest absolute Gasteiger partial charge is 0.384 e. The smallest absolute Gasteiger partial charge is 0.161 e. The number of anilines is 1. The molecule has 92 valence electrons. The maximum Gasteiger partial charge on any atom is 0.161 e. The third kappa shape index (κ3) is 2.16. The fourth-order valence-electron chi connectivity index (χ4n) is 1.89. The van der Waals surface area contributed by atoms with Crippen LogP contribution in [0.1, 0.15) is 24.5 Å². The molecule has 5 heteroatoms. The molecule has 1 fully saturated rings. The molecule has 2 N–H and O–H groups in total. The molecular formula is C13H11F2N3. The molecule has 0 unspecified atom stereocenters. The first-order valence-electron chi connectivity index (χ1n) is 5.73. The minimum absolute atomic E-state index is 0.273. The Kier molecular flexibility index (Phi) is 2.47. The zero-order chi connectivity index (χ0) is 12.7. The third-order valence-corrected chi connectivity index (χ3v) is 2.88. The predicted molar refractivity (Wildman–Crippen MR) is 63.8 cm³/mol. The second-order valence-corrected chi connectivity index (χ2v) is 4.47. The summed E-state index contributed by atoms with van der Waals surface area (Å²) in [6.45, 7) is 0. The number of hydrogen-bond acceptors (Lipinski definition) is 3. The first-order chi connectivity index (χ1) is 8.61. The summed E-state index contributed by atoms with van der Waals surface area (Å²) in [5.41, 5.74) is 6.86. The van der Waals surface area contributed by atoms with Crippen molar-refractivity contribution < 1.29 is 8.78 Å². The van der Waals surface area contributed by atoms with Crippen molar-refractivity contribution >= 4 is 5.82 Å². The normalized spacial score (nSPS) is 14.8. The van der Waals surface area contributed by atoms with Crippen molar-refractivity contribution in [2.24, 2.45) is 0 Å². The third-order valence-electron chi connectivity index (χ3n) is 2.88. The molecule has 3 rings (SSSR count). The summed E-state index contributed by atoms with van der Waals surface area (Å²) in [4.78, 5) is 8.35. The van der Waals surface area contributed by atoms with Crippen LogP contribution in [-0.2, 0) is 0 Å². The Bertz CT molecular complexity index is 589. The van der Waals surface area contributed by atoms with Gasteiger partial charge in [0.15, 0.2) is 5.82 Å². The second kappa shape index (κ2) is 4.01. The van der Waals surface area contributed by atoms with E-state index in [1.807, 2.05) is 0 Å². The topological polar surface area (TPSA) is 51.8 Å². The second-order valence-electron chi connectivity index (χ2n) is 4.47. The van der Waals surface area contributed by atoms with Crippen molar-refractivity contribution in [3.05, 3.63) is 41.6 Å². The molecule has 2 aromatic rings. The van der Waals surface area contributed by atoms with Crippen molar-refractivity contribution in [3.63, 3.8) is 0 Å². The highest BCUT2D eigenvalue weighted by Gasteiger charge is 2.26. The number of halogens is 2. The van der Waals surface area contributed by atoms with E-state index in [9.17, 15) is 8.78 Å². The van der Waals surface area contributed by atoms with E-state index in [4.69, 9.17) is 5.73 Å². The summed E-state index contributed by atoms with van der Waals surface area (Å²) >= 11 is 0. The molecule has 0 atom stereocenters. The highest BCUT2D eigenvalue weighted by molar-refractivity contribution is 5.57. The standard InChI is InChI=1S/C13H11F2N3/c14-9-3-8(4-10(15)5-9)13-17-11(7-1-2-7)6-12(16)18-13/h3-7H,1-2H2,(H2,16,17,18). The Morgan fingerprint density at radius 3 is 2.28 bits per heavy atom. The van der Waals surface area contributed by atoms with Gasteiger partial charge in [-0.05, 0) is 25.0 Å². The van der Waals surface area contributed by atoms with Crippen LogP contribution in [0.25, 0.3) is 11.4 Å². The molecule has 1 saturated carbocycles. The van der Waals surface area contributed by atoms with Gasteiger partial charge >= 0.3 is 0 Å². The Morgan fingerprint density at radius 2 is 1.67 bits per heavy atom. The summed E-state index contributed by atoms with van der Waals surface area (Å²) in [6.07, 6.45) is 2.15. The van der Waals surface area contributed by atoms with Crippen molar-refractivity contribution in [1.29, 1.82) is 0 Å². The van der Waals surface area contributed by atoms with E-state index >= 15 is 0 Å². The van der Waals surface area contributed by atoms with E-state index in [1.165, 1.54) is 12.1 Å². The highest BCUT2D eigenvalue weighted by atomic mass is 19.1. The summed E-state index contributed by atoms with van der Waals surface area (Å²) < 4.78 is 26.3. The molecule has 1 aliphatic carbocycles. The lowest BCUT2D eigenvalue weighted by molar-refractivity contribution is 0.584. The van der Waals surface area contributed by atoms with Crippen LogP contribution in [0.5, 0.6) is 0 Å². The molecule has 1 aromatic heterocycles. The van der Waals surface area contributed by atoms with Crippen LogP contribution < -0.4 is 5.73 Å². The van der Waals surface area contributed by atoms with E-state index in [0.29, 0.717) is 17.3 Å². The number of nitrogen functional groups attached to an aromatic ring is 1. The Balaban J connectivity index is 2.09. The molecule has 0 amide bonds. The highest BCUT2D eigenvalue weighted by Crippen LogP contribution is 2.39. The summed E-state index contributed by atoms with van der Waals surface area (Å²) in [7, 11) is 0. The Morgan fingerprint density at radius 1 is 1.00 bits per heavy atom. The maximum absolute atomic E-state index is 13.2. The van der Waals surface area contributed by atoms with Crippen molar-refractivity contribution in [2.45, 2.75) is 18.8 Å². The van der Waals surface area contributed by atoms with Crippen LogP contribution in [-0.4, -0.2) is 9.97 Å². The minimum atomic E-state index is -0.649. The molecule has 0 radical (unpaired) electrons. The zero-order valence-electron chi connectivity index (χ0n) is 9.53.